The van der Waals surface area contributed by atoms with Gasteiger partial charge in [0.25, 0.3) is 0 Å². The van der Waals surface area contributed by atoms with Gasteiger partial charge >= 0.3 is 29.6 Å². The van der Waals surface area contributed by atoms with Crippen molar-refractivity contribution in [2.45, 2.75) is 64.7 Å². The fourth-order valence-corrected chi connectivity index (χ4v) is 1.95. The second-order valence-electron chi connectivity index (χ2n) is 4.13. The van der Waals surface area contributed by atoms with E-state index in [9.17, 15) is 13.0 Å². The first kappa shape index (κ1) is 20.0. The SMILES string of the molecule is CCCCCCCCCCC=CS(=O)(=O)[O-].[Na+]. The first-order valence-corrected chi connectivity index (χ1v) is 7.66. The molecule has 0 amide bonds. The van der Waals surface area contributed by atoms with Gasteiger partial charge in [-0.05, 0) is 12.8 Å². The van der Waals surface area contributed by atoms with Crippen LogP contribution in [0.25, 0.3) is 0 Å². The first-order valence-electron chi connectivity index (χ1n) is 6.18. The molecule has 0 bridgehead atoms. The average molecular weight is 270 g/mol. The summed E-state index contributed by atoms with van der Waals surface area (Å²) < 4.78 is 30.7. The fraction of sp³-hybridized carbons (Fsp3) is 0.833. The van der Waals surface area contributed by atoms with Crippen LogP contribution in [0.1, 0.15) is 64.7 Å². The van der Waals surface area contributed by atoms with Crippen molar-refractivity contribution in [1.29, 1.82) is 0 Å². The van der Waals surface area contributed by atoms with Gasteiger partial charge < -0.3 is 4.55 Å². The Hall–Kier alpha value is 0.650. The summed E-state index contributed by atoms with van der Waals surface area (Å²) in [4.78, 5) is 0. The van der Waals surface area contributed by atoms with E-state index in [1.54, 1.807) is 0 Å². The molecular weight excluding hydrogens is 247 g/mol. The molecule has 0 aromatic heterocycles. The Kier molecular flexibility index (Phi) is 15.4. The van der Waals surface area contributed by atoms with E-state index >= 15 is 0 Å². The van der Waals surface area contributed by atoms with E-state index in [0.717, 1.165) is 18.2 Å². The van der Waals surface area contributed by atoms with Crippen molar-refractivity contribution in [1.82, 2.24) is 0 Å². The van der Waals surface area contributed by atoms with E-state index in [1.165, 1.54) is 44.6 Å². The van der Waals surface area contributed by atoms with Crippen LogP contribution in [0.3, 0.4) is 0 Å². The summed E-state index contributed by atoms with van der Waals surface area (Å²) in [5.41, 5.74) is 0. The second kappa shape index (κ2) is 13.1. The number of unbranched alkanes of at least 4 members (excludes halogenated alkanes) is 8. The van der Waals surface area contributed by atoms with Crippen LogP contribution in [-0.2, 0) is 10.1 Å². The fourth-order valence-electron chi connectivity index (χ4n) is 1.58. The van der Waals surface area contributed by atoms with Gasteiger partial charge in [0.05, 0.1) is 0 Å². The third kappa shape index (κ3) is 19.2. The van der Waals surface area contributed by atoms with Gasteiger partial charge in [0.2, 0.25) is 0 Å². The Morgan fingerprint density at radius 2 is 1.41 bits per heavy atom. The zero-order chi connectivity index (χ0) is 12.3. The molecule has 5 heteroatoms. The first-order chi connectivity index (χ1) is 7.56. The van der Waals surface area contributed by atoms with Crippen LogP contribution in [0.2, 0.25) is 0 Å². The summed E-state index contributed by atoms with van der Waals surface area (Å²) in [5.74, 6) is 0. The standard InChI is InChI=1S/C12H24O3S.Na/c1-2-3-4-5-6-7-8-9-10-11-12-16(13,14)15;/h11-12H,2-10H2,1H3,(H,13,14,15);/q;+1/p-1. The van der Waals surface area contributed by atoms with E-state index in [2.05, 4.69) is 6.92 Å². The van der Waals surface area contributed by atoms with Crippen LogP contribution in [0.5, 0.6) is 0 Å². The van der Waals surface area contributed by atoms with Crippen molar-refractivity contribution < 1.29 is 42.5 Å². The Morgan fingerprint density at radius 3 is 1.88 bits per heavy atom. The maximum atomic E-state index is 10.2. The molecule has 0 saturated heterocycles. The molecule has 0 fully saturated rings. The van der Waals surface area contributed by atoms with Crippen LogP contribution >= 0.6 is 0 Å². The molecule has 0 aliphatic carbocycles. The van der Waals surface area contributed by atoms with Gasteiger partial charge in [0.15, 0.2) is 0 Å². The zero-order valence-electron chi connectivity index (χ0n) is 11.2. The second-order valence-corrected chi connectivity index (χ2v) is 5.39. The van der Waals surface area contributed by atoms with E-state index in [1.807, 2.05) is 0 Å². The van der Waals surface area contributed by atoms with Crippen LogP contribution in [-0.4, -0.2) is 13.0 Å². The molecule has 0 radical (unpaired) electrons. The minimum absolute atomic E-state index is 0. The molecule has 0 aliphatic rings. The molecule has 0 aliphatic heterocycles. The maximum Gasteiger partial charge on any atom is 1.00 e. The predicted molar refractivity (Wildman–Crippen MR) is 66.1 cm³/mol. The van der Waals surface area contributed by atoms with Gasteiger partial charge in [-0.1, -0.05) is 57.9 Å². The Bertz CT molecular complexity index is 273. The Morgan fingerprint density at radius 1 is 0.941 bits per heavy atom. The van der Waals surface area contributed by atoms with Crippen molar-refractivity contribution in [2.24, 2.45) is 0 Å². The van der Waals surface area contributed by atoms with Crippen molar-refractivity contribution in [3.8, 4) is 0 Å². The minimum Gasteiger partial charge on any atom is -0.744 e. The monoisotopic (exact) mass is 270 g/mol. The van der Waals surface area contributed by atoms with Crippen LogP contribution < -0.4 is 29.6 Å². The molecule has 0 aromatic rings. The quantitative estimate of drug-likeness (QED) is 0.331. The predicted octanol–water partition coefficient (Wildman–Crippen LogP) is 0.580. The molecule has 0 N–H and O–H groups in total. The van der Waals surface area contributed by atoms with Crippen molar-refractivity contribution >= 4 is 10.1 Å². The Labute approximate surface area is 128 Å². The molecule has 0 saturated carbocycles. The third-order valence-electron chi connectivity index (χ3n) is 2.49. The smallest absolute Gasteiger partial charge is 0.744 e. The molecule has 0 unspecified atom stereocenters. The summed E-state index contributed by atoms with van der Waals surface area (Å²) in [7, 11) is -4.16. The third-order valence-corrected chi connectivity index (χ3v) is 3.01. The summed E-state index contributed by atoms with van der Waals surface area (Å²) in [6, 6.07) is 0. The maximum absolute atomic E-state index is 10.2. The van der Waals surface area contributed by atoms with Crippen LogP contribution in [0.4, 0.5) is 0 Å². The van der Waals surface area contributed by atoms with E-state index in [-0.39, 0.29) is 29.6 Å². The van der Waals surface area contributed by atoms with Crippen LogP contribution in [0, 0.1) is 0 Å². The normalized spacial score (nSPS) is 11.6. The topological polar surface area (TPSA) is 57.2 Å². The van der Waals surface area contributed by atoms with Gasteiger partial charge in [-0.3, -0.25) is 0 Å². The summed E-state index contributed by atoms with van der Waals surface area (Å²) >= 11 is 0. The summed E-state index contributed by atoms with van der Waals surface area (Å²) in [6.07, 6.45) is 11.9. The number of rotatable bonds is 10. The molecule has 96 valence electrons. The summed E-state index contributed by atoms with van der Waals surface area (Å²) in [5, 5.41) is 0.758. The van der Waals surface area contributed by atoms with Crippen LogP contribution in [0.15, 0.2) is 11.5 Å². The average Bonchev–Trinajstić information content (AvgIpc) is 2.19. The van der Waals surface area contributed by atoms with Crippen molar-refractivity contribution in [3.05, 3.63) is 11.5 Å². The van der Waals surface area contributed by atoms with Crippen molar-refractivity contribution in [3.63, 3.8) is 0 Å². The Balaban J connectivity index is 0. The van der Waals surface area contributed by atoms with Gasteiger partial charge in [0, 0.05) is 5.41 Å². The zero-order valence-corrected chi connectivity index (χ0v) is 14.0. The van der Waals surface area contributed by atoms with E-state index in [0.29, 0.717) is 6.42 Å². The molecule has 0 rings (SSSR count). The van der Waals surface area contributed by atoms with Gasteiger partial charge in [0.1, 0.15) is 10.1 Å². The molecule has 3 nitrogen and oxygen atoms in total. The molecule has 0 spiro atoms. The number of hydrogen-bond acceptors (Lipinski definition) is 3. The van der Waals surface area contributed by atoms with E-state index < -0.39 is 10.1 Å². The van der Waals surface area contributed by atoms with E-state index in [4.69, 9.17) is 0 Å². The molecule has 0 heterocycles. The largest absolute Gasteiger partial charge is 1.00 e. The van der Waals surface area contributed by atoms with Gasteiger partial charge in [-0.2, -0.15) is 0 Å². The molecule has 17 heavy (non-hydrogen) atoms. The molecular formula is C12H23NaO3S. The minimum atomic E-state index is -4.16. The van der Waals surface area contributed by atoms with Gasteiger partial charge in [-0.15, -0.1) is 0 Å². The molecule has 0 aromatic carbocycles. The molecule has 0 atom stereocenters. The number of allylic oxidation sites excluding steroid dienone is 1. The van der Waals surface area contributed by atoms with Crippen molar-refractivity contribution in [2.75, 3.05) is 0 Å². The van der Waals surface area contributed by atoms with Gasteiger partial charge in [-0.25, -0.2) is 8.42 Å². The summed E-state index contributed by atoms with van der Waals surface area (Å²) in [6.45, 7) is 2.20. The number of hydrogen-bond donors (Lipinski definition) is 0.